The Balaban J connectivity index is 0.00000205. The van der Waals surface area contributed by atoms with Crippen LogP contribution < -0.4 is 0 Å². The Labute approximate surface area is 487 Å². The zero-order valence-electron chi connectivity index (χ0n) is 52.9. The van der Waals surface area contributed by atoms with Crippen LogP contribution in [0.3, 0.4) is 0 Å². The van der Waals surface area contributed by atoms with Gasteiger partial charge in [-0.1, -0.05) is 271 Å². The standard InChI is InChI=1S/C66H112N2.2C3H8N.Ni/c1-6-11-16-19-20-21-22-23-24-25-26-27-28-29-30-31-32-33-34-35-36-37-38-39-40-41-42-45-50-62-57-65(63-53-58(46-14-9-4)51-59(54-63)47-15-10-5)68(67)66(62)64-55-60(48-43-17-12-7-2)52-61(56-64)49-44-18-13-8-3;2*1-3-4-2;/h51-57H,6-50H2,1-5H3;2*3H2,1-2H3;/q;2*-1;+2. The van der Waals surface area contributed by atoms with Crippen molar-refractivity contribution in [3.8, 4) is 0 Å². The molecule has 2 aromatic rings. The van der Waals surface area contributed by atoms with Crippen LogP contribution in [0.5, 0.6) is 0 Å². The third-order valence-electron chi connectivity index (χ3n) is 16.4. The topological polar surface area (TPSA) is 31.8 Å². The monoisotopic (exact) mass is 1110 g/mol. The van der Waals surface area contributed by atoms with Crippen LogP contribution >= 0.6 is 0 Å². The molecule has 0 N–H and O–H groups in total. The molecular formula is C72H128N4Ni. The van der Waals surface area contributed by atoms with E-state index in [1.54, 1.807) is 19.6 Å². The molecule has 0 aliphatic carbocycles. The summed E-state index contributed by atoms with van der Waals surface area (Å²) in [5.74, 6) is 0. The predicted molar refractivity (Wildman–Crippen MR) is 340 cm³/mol. The Hall–Kier alpha value is -2.07. The fourth-order valence-electron chi connectivity index (χ4n) is 11.2. The van der Waals surface area contributed by atoms with Gasteiger partial charge in [0.25, 0.3) is 0 Å². The molecule has 1 aliphatic heterocycles. The first kappa shape index (κ1) is 71.0. The van der Waals surface area contributed by atoms with E-state index in [1.807, 2.05) is 0 Å². The normalized spacial score (nSPS) is 12.7. The van der Waals surface area contributed by atoms with E-state index >= 15 is 0 Å². The first-order valence-electron chi connectivity index (χ1n) is 34.0. The second-order valence-corrected chi connectivity index (χ2v) is 25.4. The van der Waals surface area contributed by atoms with Gasteiger partial charge in [0.05, 0.1) is 0 Å². The molecule has 4 nitrogen and oxygen atoms in total. The van der Waals surface area contributed by atoms with Gasteiger partial charge in [0.2, 0.25) is 11.4 Å². The number of hydrogen-bond acceptors (Lipinski definition) is 2. The quantitative estimate of drug-likeness (QED) is 0.0376. The van der Waals surface area contributed by atoms with E-state index in [1.165, 1.54) is 296 Å². The van der Waals surface area contributed by atoms with Crippen LogP contribution in [-0.4, -0.2) is 39.8 Å². The summed E-state index contributed by atoms with van der Waals surface area (Å²) in [6.07, 6.45) is 63.0. The van der Waals surface area contributed by atoms with E-state index in [9.17, 15) is 5.53 Å². The maximum atomic E-state index is 12.3. The zero-order chi connectivity index (χ0) is 55.8. The van der Waals surface area contributed by atoms with Crippen molar-refractivity contribution in [2.45, 2.75) is 337 Å². The Kier molecular flexibility index (Phi) is 45.9. The molecule has 3 rings (SSSR count). The molecule has 0 saturated carbocycles. The number of unbranched alkanes of at least 4 members (excludes halogenated alkanes) is 35. The molecule has 0 fully saturated rings. The molecule has 0 radical (unpaired) electrons. The molecule has 0 bridgehead atoms. The molecular weight excluding hydrogens is 980 g/mol. The van der Waals surface area contributed by atoms with Crippen molar-refractivity contribution in [3.63, 3.8) is 0 Å². The van der Waals surface area contributed by atoms with Crippen LogP contribution in [0, 0.1) is 0 Å². The second-order valence-electron chi connectivity index (χ2n) is 23.7. The third-order valence-corrected chi connectivity index (χ3v) is 17.7. The van der Waals surface area contributed by atoms with Crippen LogP contribution in [0.1, 0.15) is 345 Å². The molecule has 1 heterocycles. The van der Waals surface area contributed by atoms with Gasteiger partial charge in [-0.05, 0) is 111 Å². The number of nitrogens with zero attached hydrogens (tertiary/aromatic N) is 4. The first-order valence-corrected chi connectivity index (χ1v) is 34.8. The van der Waals surface area contributed by atoms with Crippen LogP contribution in [0.25, 0.3) is 16.9 Å². The molecule has 0 saturated heterocycles. The number of rotatable bonds is 51. The number of aryl methyl sites for hydroxylation is 4. The molecule has 0 atom stereocenters. The van der Waals surface area contributed by atoms with Crippen molar-refractivity contribution in [1.29, 1.82) is 0 Å². The molecule has 77 heavy (non-hydrogen) atoms. The van der Waals surface area contributed by atoms with Gasteiger partial charge in [0.15, 0.2) is 0 Å². The summed E-state index contributed by atoms with van der Waals surface area (Å²) in [7, 11) is 4.21. The van der Waals surface area contributed by atoms with Crippen LogP contribution in [0.15, 0.2) is 48.0 Å². The molecule has 446 valence electrons. The summed E-state index contributed by atoms with van der Waals surface area (Å²) in [6.45, 7) is 18.0. The van der Waals surface area contributed by atoms with E-state index in [2.05, 4.69) is 113 Å². The van der Waals surface area contributed by atoms with Crippen molar-refractivity contribution >= 4 is 11.4 Å². The fraction of sp³-hybridized carbons (Fsp3) is 0.778. The second kappa shape index (κ2) is 49.7. The summed E-state index contributed by atoms with van der Waals surface area (Å²) in [5, 5.41) is 0. The minimum atomic E-state index is 0.976. The Morgan fingerprint density at radius 2 is 0.584 bits per heavy atom. The third kappa shape index (κ3) is 35.4. The van der Waals surface area contributed by atoms with Gasteiger partial charge in [0, 0.05) is 22.8 Å². The molecule has 1 aliphatic rings. The molecule has 0 unspecified atom stereocenters. The Morgan fingerprint density at radius 3 is 0.896 bits per heavy atom. The van der Waals surface area contributed by atoms with Gasteiger partial charge in [-0.25, -0.2) is 4.70 Å². The first-order chi connectivity index (χ1) is 37.7. The average molecular weight is 1110 g/mol. The maximum absolute atomic E-state index is 12.3. The van der Waals surface area contributed by atoms with Gasteiger partial charge in [-0.15, -0.1) is 0 Å². The molecule has 0 aromatic heterocycles. The molecule has 0 amide bonds. The van der Waals surface area contributed by atoms with Gasteiger partial charge < -0.3 is 5.53 Å². The van der Waals surface area contributed by atoms with E-state index < -0.39 is 0 Å². The SMILES string of the molecule is CCCCCCCCCCCCCCCCCCCCCCCCCCCCCCC1=C(c2cc(CCCCCC)cc(CCCCCC)c2)[N+](=[N-])C(c2cc(CCCC)cc(CCCC)c2)=C1.CC[N](C)[Ni][N](C)CC. The molecule has 0 spiro atoms. The summed E-state index contributed by atoms with van der Waals surface area (Å²) < 4.78 is 6.05. The number of hydrogen-bond donors (Lipinski definition) is 0. The number of benzene rings is 2. The van der Waals surface area contributed by atoms with Crippen molar-refractivity contribution in [2.75, 3.05) is 27.2 Å². The Morgan fingerprint density at radius 1 is 0.325 bits per heavy atom. The molecule has 5 heteroatoms. The Bertz CT molecular complexity index is 1710. The average Bonchev–Trinajstić information content (AvgIpc) is 3.80. The summed E-state index contributed by atoms with van der Waals surface area (Å²) >= 11 is 1.59. The minimum absolute atomic E-state index is 0.976. The fourth-order valence-corrected chi connectivity index (χ4v) is 12.0. The summed E-state index contributed by atoms with van der Waals surface area (Å²) in [4.78, 5) is 0. The summed E-state index contributed by atoms with van der Waals surface area (Å²) in [6, 6.07) is 14.6. The van der Waals surface area contributed by atoms with Crippen LogP contribution in [0.2, 0.25) is 0 Å². The zero-order valence-corrected chi connectivity index (χ0v) is 53.9. The van der Waals surface area contributed by atoms with Gasteiger partial charge in [0.1, 0.15) is 0 Å². The molecule has 2 aromatic carbocycles. The van der Waals surface area contributed by atoms with Crippen molar-refractivity contribution in [3.05, 3.63) is 87.0 Å². The van der Waals surface area contributed by atoms with Gasteiger partial charge >= 0.3 is 63.9 Å². The summed E-state index contributed by atoms with van der Waals surface area (Å²) in [5.41, 5.74) is 23.8. The van der Waals surface area contributed by atoms with Crippen molar-refractivity contribution in [1.82, 2.24) is 7.96 Å². The van der Waals surface area contributed by atoms with E-state index in [0.29, 0.717) is 0 Å². The van der Waals surface area contributed by atoms with Crippen LogP contribution in [0.4, 0.5) is 0 Å². The van der Waals surface area contributed by atoms with E-state index in [4.69, 9.17) is 0 Å². The predicted octanol–water partition coefficient (Wildman–Crippen LogP) is 23.6. The van der Waals surface area contributed by atoms with E-state index in [0.717, 1.165) is 56.6 Å². The van der Waals surface area contributed by atoms with E-state index in [-0.39, 0.29) is 0 Å². The van der Waals surface area contributed by atoms with Crippen molar-refractivity contribution in [2.24, 2.45) is 0 Å². The van der Waals surface area contributed by atoms with Gasteiger partial charge in [-0.3, -0.25) is 0 Å². The van der Waals surface area contributed by atoms with Crippen molar-refractivity contribution < 1.29 is 19.6 Å². The number of allylic oxidation sites excluding steroid dienone is 2. The van der Waals surface area contributed by atoms with Crippen LogP contribution in [-0.2, 0) is 40.5 Å². The van der Waals surface area contributed by atoms with Gasteiger partial charge in [-0.2, -0.15) is 0 Å².